The molecule has 0 aliphatic carbocycles. The van der Waals surface area contributed by atoms with E-state index in [0.29, 0.717) is 10.9 Å². The third-order valence-corrected chi connectivity index (χ3v) is 6.41. The lowest BCUT2D eigenvalue weighted by Crippen LogP contribution is -2.46. The van der Waals surface area contributed by atoms with Crippen LogP contribution in [0, 0.1) is 0 Å². The summed E-state index contributed by atoms with van der Waals surface area (Å²) >= 11 is 0. The molecule has 0 amide bonds. The zero-order valence-corrected chi connectivity index (χ0v) is 20.0. The number of aliphatic imine (C=N–C) groups is 1. The number of fused-ring (bicyclic) bond motifs is 1. The van der Waals surface area contributed by atoms with Crippen molar-refractivity contribution in [2.45, 2.75) is 36.8 Å². The molecule has 2 aromatic carbocycles. The number of para-hydroxylation sites is 1. The number of ether oxygens (including phenoxy) is 1. The lowest BCUT2D eigenvalue weighted by Gasteiger charge is -2.38. The molecule has 2 aromatic rings. The van der Waals surface area contributed by atoms with Gasteiger partial charge in [0.25, 0.3) is 0 Å². The van der Waals surface area contributed by atoms with Crippen LogP contribution in [0.15, 0.2) is 64.5 Å². The Morgan fingerprint density at radius 2 is 1.79 bits per heavy atom. The van der Waals surface area contributed by atoms with E-state index >= 15 is 0 Å². The van der Waals surface area contributed by atoms with Crippen LogP contribution in [0.25, 0.3) is 0 Å². The third kappa shape index (κ3) is 6.08. The van der Waals surface area contributed by atoms with Gasteiger partial charge in [-0.1, -0.05) is 36.4 Å². The van der Waals surface area contributed by atoms with E-state index in [2.05, 4.69) is 29.5 Å². The van der Waals surface area contributed by atoms with Crippen molar-refractivity contribution in [1.29, 1.82) is 0 Å². The number of hydrogen-bond donors (Lipinski definition) is 2. The Morgan fingerprint density at radius 3 is 2.48 bits per heavy atom. The summed E-state index contributed by atoms with van der Waals surface area (Å²) in [6.45, 7) is 4.38. The lowest BCUT2D eigenvalue weighted by atomic mass is 9.90. The number of nitrogens with one attached hydrogen (secondary N) is 2. The van der Waals surface area contributed by atoms with Crippen molar-refractivity contribution in [3.63, 3.8) is 0 Å². The standard InChI is InChI=1S/C21H27N3O3S.HI/c1-21(2)15-18(17-11-7-8-12-19(17)27-21)24-20(22-3)23-13-14-28(25,26)16-9-5-4-6-10-16;/h4-12,18H,13-15H2,1-3H3,(H2,22,23,24);1H. The van der Waals surface area contributed by atoms with Crippen LogP contribution in [-0.4, -0.2) is 39.3 Å². The van der Waals surface area contributed by atoms with Gasteiger partial charge in [-0.2, -0.15) is 0 Å². The van der Waals surface area contributed by atoms with Gasteiger partial charge in [-0.25, -0.2) is 8.42 Å². The van der Waals surface area contributed by atoms with E-state index in [9.17, 15) is 8.42 Å². The molecule has 0 saturated heterocycles. The first-order valence-electron chi connectivity index (χ1n) is 9.34. The molecule has 0 saturated carbocycles. The maximum Gasteiger partial charge on any atom is 0.191 e. The van der Waals surface area contributed by atoms with Crippen molar-refractivity contribution < 1.29 is 13.2 Å². The Bertz CT molecular complexity index is 947. The van der Waals surface area contributed by atoms with Gasteiger partial charge in [0.1, 0.15) is 11.4 Å². The summed E-state index contributed by atoms with van der Waals surface area (Å²) < 4.78 is 30.9. The summed E-state index contributed by atoms with van der Waals surface area (Å²) in [5.41, 5.74) is 0.767. The molecule has 29 heavy (non-hydrogen) atoms. The highest BCUT2D eigenvalue weighted by Crippen LogP contribution is 2.39. The lowest BCUT2D eigenvalue weighted by molar-refractivity contribution is 0.0694. The van der Waals surface area contributed by atoms with Gasteiger partial charge in [0.05, 0.1) is 16.7 Å². The highest BCUT2D eigenvalue weighted by atomic mass is 127. The normalized spacial score (nSPS) is 18.0. The fourth-order valence-electron chi connectivity index (χ4n) is 3.34. The minimum Gasteiger partial charge on any atom is -0.487 e. The Labute approximate surface area is 190 Å². The predicted octanol–water partition coefficient (Wildman–Crippen LogP) is 3.55. The van der Waals surface area contributed by atoms with Crippen LogP contribution in [0.4, 0.5) is 0 Å². The van der Waals surface area contributed by atoms with E-state index in [-0.39, 0.29) is 47.9 Å². The number of benzene rings is 2. The van der Waals surface area contributed by atoms with Crippen molar-refractivity contribution >= 4 is 39.8 Å². The summed E-state index contributed by atoms with van der Waals surface area (Å²) in [5, 5.41) is 6.53. The maximum atomic E-state index is 12.4. The van der Waals surface area contributed by atoms with Gasteiger partial charge in [-0.15, -0.1) is 24.0 Å². The van der Waals surface area contributed by atoms with Gasteiger partial charge < -0.3 is 15.4 Å². The molecule has 1 aliphatic rings. The molecular formula is C21H28IN3O3S. The second kappa shape index (κ2) is 9.80. The average Bonchev–Trinajstić information content (AvgIpc) is 2.67. The minimum atomic E-state index is -3.33. The van der Waals surface area contributed by atoms with Crippen LogP contribution in [0.1, 0.15) is 31.9 Å². The number of rotatable bonds is 5. The van der Waals surface area contributed by atoms with Crippen molar-refractivity contribution in [3.8, 4) is 5.75 Å². The van der Waals surface area contributed by atoms with Crippen molar-refractivity contribution in [2.75, 3.05) is 19.3 Å². The molecule has 0 spiro atoms. The molecule has 0 radical (unpaired) electrons. The van der Waals surface area contributed by atoms with E-state index in [1.165, 1.54) is 0 Å². The molecule has 1 aliphatic heterocycles. The molecule has 3 rings (SSSR count). The highest BCUT2D eigenvalue weighted by Gasteiger charge is 2.34. The second-order valence-electron chi connectivity index (χ2n) is 7.43. The van der Waals surface area contributed by atoms with E-state index < -0.39 is 9.84 Å². The van der Waals surface area contributed by atoms with Gasteiger partial charge in [0.15, 0.2) is 15.8 Å². The maximum absolute atomic E-state index is 12.4. The number of nitrogens with zero attached hydrogens (tertiary/aromatic N) is 1. The zero-order valence-electron chi connectivity index (χ0n) is 16.9. The Kier molecular flexibility index (Phi) is 7.93. The van der Waals surface area contributed by atoms with Crippen LogP contribution in [0.2, 0.25) is 0 Å². The first-order chi connectivity index (χ1) is 13.3. The van der Waals surface area contributed by atoms with Crippen molar-refractivity contribution in [3.05, 3.63) is 60.2 Å². The van der Waals surface area contributed by atoms with E-state index in [1.54, 1.807) is 37.4 Å². The van der Waals surface area contributed by atoms with Crippen molar-refractivity contribution in [1.82, 2.24) is 10.6 Å². The molecule has 6 nitrogen and oxygen atoms in total. The molecule has 0 aromatic heterocycles. The molecule has 2 N–H and O–H groups in total. The first-order valence-corrected chi connectivity index (χ1v) is 11.0. The smallest absolute Gasteiger partial charge is 0.191 e. The summed E-state index contributed by atoms with van der Waals surface area (Å²) in [7, 11) is -1.65. The largest absolute Gasteiger partial charge is 0.487 e. The minimum absolute atomic E-state index is 0. The Morgan fingerprint density at radius 1 is 1.14 bits per heavy atom. The number of hydrogen-bond acceptors (Lipinski definition) is 4. The zero-order chi connectivity index (χ0) is 20.2. The summed E-state index contributed by atoms with van der Waals surface area (Å²) in [4.78, 5) is 4.59. The first kappa shape index (κ1) is 23.5. The summed E-state index contributed by atoms with van der Waals surface area (Å²) in [6.07, 6.45) is 0.771. The predicted molar refractivity (Wildman–Crippen MR) is 127 cm³/mol. The van der Waals surface area contributed by atoms with Gasteiger partial charge in [0, 0.05) is 25.6 Å². The van der Waals surface area contributed by atoms with Gasteiger partial charge in [0.2, 0.25) is 0 Å². The molecule has 1 heterocycles. The number of halogens is 1. The van der Waals surface area contributed by atoms with E-state index in [4.69, 9.17) is 4.74 Å². The highest BCUT2D eigenvalue weighted by molar-refractivity contribution is 14.0. The van der Waals surface area contributed by atoms with Crippen LogP contribution in [0.3, 0.4) is 0 Å². The van der Waals surface area contributed by atoms with Gasteiger partial charge >= 0.3 is 0 Å². The fraction of sp³-hybridized carbons (Fsp3) is 0.381. The van der Waals surface area contributed by atoms with Gasteiger partial charge in [-0.05, 0) is 32.0 Å². The SMILES string of the molecule is CN=C(NCCS(=O)(=O)c1ccccc1)NC1CC(C)(C)Oc2ccccc21.I. The quantitative estimate of drug-likeness (QED) is 0.352. The Hall–Kier alpha value is -1.81. The summed E-state index contributed by atoms with van der Waals surface area (Å²) in [5.74, 6) is 1.42. The molecule has 0 bridgehead atoms. The monoisotopic (exact) mass is 529 g/mol. The summed E-state index contributed by atoms with van der Waals surface area (Å²) in [6, 6.07) is 16.5. The molecule has 0 fully saturated rings. The second-order valence-corrected chi connectivity index (χ2v) is 9.54. The van der Waals surface area contributed by atoms with Crippen LogP contribution >= 0.6 is 24.0 Å². The van der Waals surface area contributed by atoms with E-state index in [0.717, 1.165) is 17.7 Å². The molecular weight excluding hydrogens is 501 g/mol. The molecule has 8 heteroatoms. The fourth-order valence-corrected chi connectivity index (χ4v) is 4.52. The molecule has 1 unspecified atom stereocenters. The number of sulfone groups is 1. The Balaban J connectivity index is 0.00000300. The topological polar surface area (TPSA) is 79.8 Å². The van der Waals surface area contributed by atoms with Crippen LogP contribution in [0.5, 0.6) is 5.75 Å². The average molecular weight is 529 g/mol. The van der Waals surface area contributed by atoms with Crippen molar-refractivity contribution in [2.24, 2.45) is 4.99 Å². The number of guanidine groups is 1. The van der Waals surface area contributed by atoms with Crippen LogP contribution in [-0.2, 0) is 9.84 Å². The van der Waals surface area contributed by atoms with Crippen LogP contribution < -0.4 is 15.4 Å². The van der Waals surface area contributed by atoms with Gasteiger partial charge in [-0.3, -0.25) is 4.99 Å². The third-order valence-electron chi connectivity index (χ3n) is 4.68. The van der Waals surface area contributed by atoms with E-state index in [1.807, 2.05) is 24.3 Å². The molecule has 158 valence electrons. The molecule has 1 atom stereocenters.